The van der Waals surface area contributed by atoms with E-state index in [0.717, 1.165) is 19.4 Å². The van der Waals surface area contributed by atoms with Crippen LogP contribution in [-0.4, -0.2) is 23.8 Å². The Kier molecular flexibility index (Phi) is 3.24. The summed E-state index contributed by atoms with van der Waals surface area (Å²) in [7, 11) is 0. The van der Waals surface area contributed by atoms with Gasteiger partial charge in [0, 0.05) is 19.4 Å². The molecule has 1 aliphatic rings. The fourth-order valence-electron chi connectivity index (χ4n) is 2.67. The number of hydrogen-bond donors (Lipinski definition) is 1. The lowest BCUT2D eigenvalue weighted by molar-refractivity contribution is -0.956. The molecule has 1 N–H and O–H groups in total. The zero-order valence-electron chi connectivity index (χ0n) is 10.0. The van der Waals surface area contributed by atoms with Gasteiger partial charge in [0.25, 0.3) is 0 Å². The van der Waals surface area contributed by atoms with E-state index >= 15 is 0 Å². The van der Waals surface area contributed by atoms with Crippen LogP contribution >= 0.6 is 0 Å². The minimum Gasteiger partial charge on any atom is -0.634 e. The lowest BCUT2D eigenvalue weighted by Gasteiger charge is -2.54. The molecule has 0 aromatic heterocycles. The molecule has 3 heteroatoms. The first kappa shape index (κ1) is 12.0. The lowest BCUT2D eigenvalue weighted by atomic mass is 9.80. The predicted molar refractivity (Wildman–Crippen MR) is 57.1 cm³/mol. The molecule has 3 nitrogen and oxygen atoms in total. The number of quaternary nitrogens is 1. The maximum Gasteiger partial charge on any atom is 0.0946 e. The number of piperidine rings is 1. The molecule has 1 heterocycles. The van der Waals surface area contributed by atoms with E-state index in [9.17, 15) is 5.21 Å². The Morgan fingerprint density at radius 3 is 2.00 bits per heavy atom. The Balaban J connectivity index is 2.75. The van der Waals surface area contributed by atoms with Gasteiger partial charge in [-0.3, -0.25) is 0 Å². The normalized spacial score (nSPS) is 35.6. The Bertz CT molecular complexity index is 183. The fraction of sp³-hybridized carbons (Fsp3) is 1.00. The molecule has 0 aromatic carbocycles. The largest absolute Gasteiger partial charge is 0.634 e. The minimum atomic E-state index is -0.221. The van der Waals surface area contributed by atoms with Crippen molar-refractivity contribution in [3.63, 3.8) is 0 Å². The molecule has 0 unspecified atom stereocenters. The van der Waals surface area contributed by atoms with Crippen LogP contribution in [0, 0.1) is 5.21 Å². The molecule has 1 saturated heterocycles. The highest BCUT2D eigenvalue weighted by Gasteiger charge is 2.45. The summed E-state index contributed by atoms with van der Waals surface area (Å²) in [4.78, 5) is 0. The maximum atomic E-state index is 12.1. The van der Waals surface area contributed by atoms with Crippen molar-refractivity contribution in [1.82, 2.24) is 0 Å². The zero-order valence-corrected chi connectivity index (χ0v) is 10.0. The molecule has 0 amide bonds. The van der Waals surface area contributed by atoms with Crippen LogP contribution in [0.25, 0.3) is 0 Å². The molecule has 0 atom stereocenters. The Labute approximate surface area is 87.0 Å². The van der Waals surface area contributed by atoms with Crippen molar-refractivity contribution in [2.75, 3.05) is 6.61 Å². The highest BCUT2D eigenvalue weighted by Crippen LogP contribution is 2.25. The summed E-state index contributed by atoms with van der Waals surface area (Å²) >= 11 is 0. The molecule has 84 valence electrons. The minimum absolute atomic E-state index is 0.221. The van der Waals surface area contributed by atoms with Gasteiger partial charge in [-0.25, -0.2) is 0 Å². The van der Waals surface area contributed by atoms with E-state index in [1.165, 1.54) is 0 Å². The summed E-state index contributed by atoms with van der Waals surface area (Å²) < 4.78 is 5.65. The van der Waals surface area contributed by atoms with Crippen molar-refractivity contribution in [2.45, 2.75) is 64.6 Å². The zero-order chi connectivity index (χ0) is 11.0. The molecule has 0 bridgehead atoms. The van der Waals surface area contributed by atoms with Crippen LogP contribution in [0.15, 0.2) is 0 Å². The summed E-state index contributed by atoms with van der Waals surface area (Å²) in [5, 5.41) is 12.4. The number of rotatable bonds is 2. The van der Waals surface area contributed by atoms with Crippen molar-refractivity contribution in [3.8, 4) is 0 Å². The molecular formula is C11H23NO2. The summed E-state index contributed by atoms with van der Waals surface area (Å²) in [6, 6.07) is 0. The van der Waals surface area contributed by atoms with E-state index < -0.39 is 0 Å². The molecule has 1 rings (SSSR count). The second-order valence-corrected chi connectivity index (χ2v) is 5.58. The van der Waals surface area contributed by atoms with Gasteiger partial charge in [0.1, 0.15) is 0 Å². The van der Waals surface area contributed by atoms with Crippen molar-refractivity contribution < 1.29 is 9.80 Å². The van der Waals surface area contributed by atoms with Gasteiger partial charge in [0.05, 0.1) is 17.2 Å². The summed E-state index contributed by atoms with van der Waals surface area (Å²) in [5.74, 6) is 0. The van der Waals surface area contributed by atoms with Gasteiger partial charge in [-0.15, -0.1) is 0 Å². The summed E-state index contributed by atoms with van der Waals surface area (Å²) in [5.41, 5.74) is -0.441. The van der Waals surface area contributed by atoms with E-state index in [2.05, 4.69) is 0 Å². The van der Waals surface area contributed by atoms with Gasteiger partial charge in [-0.05, 0) is 34.6 Å². The third kappa shape index (κ3) is 2.27. The molecular weight excluding hydrogens is 178 g/mol. The number of nitrogens with one attached hydrogen (secondary N) is 1. The monoisotopic (exact) mass is 201 g/mol. The van der Waals surface area contributed by atoms with Crippen molar-refractivity contribution >= 4 is 0 Å². The molecule has 0 aliphatic carbocycles. The average molecular weight is 201 g/mol. The first-order valence-corrected chi connectivity index (χ1v) is 5.46. The van der Waals surface area contributed by atoms with Crippen LogP contribution < -0.4 is 5.06 Å². The number of hydrogen-bond acceptors (Lipinski definition) is 2. The van der Waals surface area contributed by atoms with Crippen LogP contribution in [-0.2, 0) is 4.74 Å². The first-order chi connectivity index (χ1) is 6.29. The van der Waals surface area contributed by atoms with E-state index in [0.29, 0.717) is 5.06 Å². The lowest BCUT2D eigenvalue weighted by Crippen LogP contribution is -3.23. The highest BCUT2D eigenvalue weighted by atomic mass is 16.5. The summed E-state index contributed by atoms with van der Waals surface area (Å²) in [6.45, 7) is 10.9. The Hall–Kier alpha value is -0.120. The van der Waals surface area contributed by atoms with Gasteiger partial charge in [-0.1, -0.05) is 0 Å². The van der Waals surface area contributed by atoms with Crippen LogP contribution in [0.3, 0.4) is 0 Å². The van der Waals surface area contributed by atoms with Gasteiger partial charge in [0.2, 0.25) is 0 Å². The standard InChI is InChI=1S/C11H23NO2/c1-6-14-9-7-10(2,3)12(13)11(4,5)8-9/h9,12H,6-8H2,1-5H3. The van der Waals surface area contributed by atoms with Crippen LogP contribution in [0.4, 0.5) is 0 Å². The molecule has 0 radical (unpaired) electrons. The van der Waals surface area contributed by atoms with Crippen LogP contribution in [0.5, 0.6) is 0 Å². The van der Waals surface area contributed by atoms with E-state index in [-0.39, 0.29) is 17.2 Å². The molecule has 1 aliphatic heterocycles. The van der Waals surface area contributed by atoms with E-state index in [1.807, 2.05) is 34.6 Å². The molecule has 0 spiro atoms. The highest BCUT2D eigenvalue weighted by molar-refractivity contribution is 4.87. The number of ether oxygens (including phenoxy) is 1. The second kappa shape index (κ2) is 3.80. The van der Waals surface area contributed by atoms with Gasteiger partial charge in [0.15, 0.2) is 0 Å². The third-order valence-electron chi connectivity index (χ3n) is 3.11. The molecule has 0 saturated carbocycles. The van der Waals surface area contributed by atoms with E-state index in [4.69, 9.17) is 4.74 Å². The van der Waals surface area contributed by atoms with Crippen molar-refractivity contribution in [3.05, 3.63) is 5.21 Å². The topological polar surface area (TPSA) is 36.7 Å². The average Bonchev–Trinajstić information content (AvgIpc) is 1.99. The second-order valence-electron chi connectivity index (χ2n) is 5.58. The van der Waals surface area contributed by atoms with Crippen LogP contribution in [0.1, 0.15) is 47.5 Å². The Morgan fingerprint density at radius 2 is 1.64 bits per heavy atom. The molecule has 0 aromatic rings. The first-order valence-electron chi connectivity index (χ1n) is 5.46. The van der Waals surface area contributed by atoms with Gasteiger partial charge < -0.3 is 15.0 Å². The fourth-order valence-corrected chi connectivity index (χ4v) is 2.67. The predicted octanol–water partition coefficient (Wildman–Crippen LogP) is 1.13. The van der Waals surface area contributed by atoms with Gasteiger partial charge >= 0.3 is 0 Å². The quantitative estimate of drug-likeness (QED) is 0.680. The third-order valence-corrected chi connectivity index (χ3v) is 3.11. The van der Waals surface area contributed by atoms with E-state index in [1.54, 1.807) is 0 Å². The SMILES string of the molecule is CCOC1CC(C)(C)[NH+]([O-])C(C)(C)C1. The summed E-state index contributed by atoms with van der Waals surface area (Å²) in [6.07, 6.45) is 1.98. The maximum absolute atomic E-state index is 12.1. The molecule has 1 fully saturated rings. The van der Waals surface area contributed by atoms with Gasteiger partial charge in [-0.2, -0.15) is 0 Å². The smallest absolute Gasteiger partial charge is 0.0946 e. The van der Waals surface area contributed by atoms with Crippen LogP contribution in [0.2, 0.25) is 0 Å². The van der Waals surface area contributed by atoms with Crippen molar-refractivity contribution in [1.29, 1.82) is 0 Å². The number of hydroxylamine groups is 2. The Morgan fingerprint density at radius 1 is 1.21 bits per heavy atom. The van der Waals surface area contributed by atoms with Crippen molar-refractivity contribution in [2.24, 2.45) is 0 Å². The molecule has 14 heavy (non-hydrogen) atoms.